The molecule has 0 aliphatic carbocycles. The monoisotopic (exact) mass is 427 g/mol. The summed E-state index contributed by atoms with van der Waals surface area (Å²) in [4.78, 5) is 27.5. The molecule has 1 heterocycles. The van der Waals surface area contributed by atoms with Crippen LogP contribution in [0.3, 0.4) is 0 Å². The number of esters is 1. The van der Waals surface area contributed by atoms with Gasteiger partial charge in [0.05, 0.1) is 11.6 Å². The van der Waals surface area contributed by atoms with Crippen LogP contribution in [0.15, 0.2) is 84.9 Å². The molecule has 4 rings (SSSR count). The second-order valence-corrected chi connectivity index (χ2v) is 8.49. The van der Waals surface area contributed by atoms with E-state index < -0.39 is 5.97 Å². The number of nitrogens with zero attached hydrogens (tertiary/aromatic N) is 1. The molecule has 0 N–H and O–H groups in total. The summed E-state index contributed by atoms with van der Waals surface area (Å²) in [5.41, 5.74) is 2.53. The van der Waals surface area contributed by atoms with E-state index in [2.05, 4.69) is 35.2 Å². The maximum Gasteiger partial charge on any atom is 0.343 e. The lowest BCUT2D eigenvalue weighted by molar-refractivity contribution is 0.0734. The molecular formula is C28H29NO3. The SMILES string of the molecule is CC(C(=O)c1ccc(OC(=O)c2ccccc2)cc1)N1CCC(Cc2ccccc2)CC1. The van der Waals surface area contributed by atoms with E-state index in [0.717, 1.165) is 32.4 Å². The number of piperidine rings is 1. The Morgan fingerprint density at radius 1 is 0.844 bits per heavy atom. The molecule has 0 amide bonds. The zero-order chi connectivity index (χ0) is 22.3. The predicted octanol–water partition coefficient (Wildman–Crippen LogP) is 5.43. The molecule has 3 aromatic rings. The summed E-state index contributed by atoms with van der Waals surface area (Å²) in [6.07, 6.45) is 3.34. The van der Waals surface area contributed by atoms with Gasteiger partial charge < -0.3 is 4.74 Å². The minimum absolute atomic E-state index is 0.104. The number of Topliss-reactive ketones (excluding diaryl/α,β-unsaturated/α-hetero) is 1. The number of hydrogen-bond acceptors (Lipinski definition) is 4. The van der Waals surface area contributed by atoms with Crippen molar-refractivity contribution in [1.29, 1.82) is 0 Å². The van der Waals surface area contributed by atoms with E-state index in [1.54, 1.807) is 48.5 Å². The second-order valence-electron chi connectivity index (χ2n) is 8.49. The van der Waals surface area contributed by atoms with Gasteiger partial charge in [-0.05, 0) is 87.2 Å². The highest BCUT2D eigenvalue weighted by Crippen LogP contribution is 2.24. The van der Waals surface area contributed by atoms with Crippen LogP contribution in [-0.4, -0.2) is 35.8 Å². The van der Waals surface area contributed by atoms with Gasteiger partial charge in [-0.15, -0.1) is 0 Å². The third-order valence-electron chi connectivity index (χ3n) is 6.30. The first-order valence-corrected chi connectivity index (χ1v) is 11.3. The Hall–Kier alpha value is -3.24. The van der Waals surface area contributed by atoms with Crippen LogP contribution in [0.4, 0.5) is 0 Å². The van der Waals surface area contributed by atoms with Crippen molar-refractivity contribution >= 4 is 11.8 Å². The highest BCUT2D eigenvalue weighted by Gasteiger charge is 2.27. The number of carbonyl (C=O) groups excluding carboxylic acids is 2. The largest absolute Gasteiger partial charge is 0.423 e. The Balaban J connectivity index is 1.29. The molecule has 4 nitrogen and oxygen atoms in total. The van der Waals surface area contributed by atoms with Crippen molar-refractivity contribution in [3.8, 4) is 5.75 Å². The van der Waals surface area contributed by atoms with Gasteiger partial charge in [0.25, 0.3) is 0 Å². The van der Waals surface area contributed by atoms with Crippen molar-refractivity contribution in [2.75, 3.05) is 13.1 Å². The lowest BCUT2D eigenvalue weighted by Crippen LogP contribution is -2.44. The molecule has 0 aromatic heterocycles. The van der Waals surface area contributed by atoms with Crippen molar-refractivity contribution < 1.29 is 14.3 Å². The lowest BCUT2D eigenvalue weighted by Gasteiger charge is -2.35. The van der Waals surface area contributed by atoms with E-state index in [4.69, 9.17) is 4.74 Å². The van der Waals surface area contributed by atoms with E-state index >= 15 is 0 Å². The third kappa shape index (κ3) is 5.51. The van der Waals surface area contributed by atoms with Gasteiger partial charge in [-0.3, -0.25) is 9.69 Å². The summed E-state index contributed by atoms with van der Waals surface area (Å²) in [6, 6.07) is 26.2. The standard InChI is InChI=1S/C28H29NO3/c1-21(29-18-16-23(17-19-29)20-22-8-4-2-5-9-22)27(30)24-12-14-26(15-13-24)32-28(31)25-10-6-3-7-11-25/h2-15,21,23H,16-20H2,1H3. The molecule has 1 unspecified atom stereocenters. The molecule has 3 aromatic carbocycles. The normalized spacial score (nSPS) is 15.8. The number of benzene rings is 3. The topological polar surface area (TPSA) is 46.6 Å². The van der Waals surface area contributed by atoms with Crippen molar-refractivity contribution in [1.82, 2.24) is 4.90 Å². The van der Waals surface area contributed by atoms with E-state index in [0.29, 0.717) is 22.8 Å². The van der Waals surface area contributed by atoms with Crippen LogP contribution < -0.4 is 4.74 Å². The van der Waals surface area contributed by atoms with E-state index in [1.807, 2.05) is 13.0 Å². The molecule has 1 aliphatic heterocycles. The Bertz CT molecular complexity index is 1020. The quantitative estimate of drug-likeness (QED) is 0.286. The maximum absolute atomic E-state index is 13.0. The fraction of sp³-hybridized carbons (Fsp3) is 0.286. The van der Waals surface area contributed by atoms with Crippen molar-refractivity contribution in [3.63, 3.8) is 0 Å². The fourth-order valence-electron chi connectivity index (χ4n) is 4.33. The summed E-state index contributed by atoms with van der Waals surface area (Å²) >= 11 is 0. The number of ether oxygens (including phenoxy) is 1. The fourth-order valence-corrected chi connectivity index (χ4v) is 4.33. The molecule has 0 bridgehead atoms. The molecule has 0 saturated carbocycles. The predicted molar refractivity (Wildman–Crippen MR) is 126 cm³/mol. The minimum Gasteiger partial charge on any atom is -0.423 e. The van der Waals surface area contributed by atoms with Crippen molar-refractivity contribution in [2.45, 2.75) is 32.2 Å². The zero-order valence-corrected chi connectivity index (χ0v) is 18.4. The molecule has 1 saturated heterocycles. The molecule has 0 radical (unpaired) electrons. The summed E-state index contributed by atoms with van der Waals surface area (Å²) in [5, 5.41) is 0. The van der Waals surface area contributed by atoms with Crippen LogP contribution in [0, 0.1) is 5.92 Å². The van der Waals surface area contributed by atoms with Gasteiger partial charge in [0, 0.05) is 5.56 Å². The highest BCUT2D eigenvalue weighted by atomic mass is 16.5. The van der Waals surface area contributed by atoms with Gasteiger partial charge >= 0.3 is 5.97 Å². The molecular weight excluding hydrogens is 398 g/mol. The van der Waals surface area contributed by atoms with Gasteiger partial charge in [-0.1, -0.05) is 48.5 Å². The Labute approximate surface area is 189 Å². The van der Waals surface area contributed by atoms with E-state index in [9.17, 15) is 9.59 Å². The summed E-state index contributed by atoms with van der Waals surface area (Å²) in [6.45, 7) is 3.87. The van der Waals surface area contributed by atoms with Gasteiger partial charge in [0.15, 0.2) is 5.78 Å². The molecule has 1 atom stereocenters. The Morgan fingerprint density at radius 2 is 1.44 bits per heavy atom. The molecule has 1 fully saturated rings. The molecule has 32 heavy (non-hydrogen) atoms. The van der Waals surface area contributed by atoms with Gasteiger partial charge in [-0.25, -0.2) is 4.79 Å². The summed E-state index contributed by atoms with van der Waals surface area (Å²) < 4.78 is 5.41. The Morgan fingerprint density at radius 3 is 2.06 bits per heavy atom. The average molecular weight is 428 g/mol. The van der Waals surface area contributed by atoms with Crippen molar-refractivity contribution in [3.05, 3.63) is 102 Å². The minimum atomic E-state index is -0.406. The van der Waals surface area contributed by atoms with Crippen LogP contribution >= 0.6 is 0 Å². The molecule has 4 heteroatoms. The third-order valence-corrected chi connectivity index (χ3v) is 6.30. The second kappa shape index (κ2) is 10.4. The molecule has 1 aliphatic rings. The summed E-state index contributed by atoms with van der Waals surface area (Å²) in [7, 11) is 0. The van der Waals surface area contributed by atoms with E-state index in [-0.39, 0.29) is 11.8 Å². The van der Waals surface area contributed by atoms with Crippen molar-refractivity contribution in [2.24, 2.45) is 5.92 Å². The van der Waals surface area contributed by atoms with Crippen LogP contribution in [0.25, 0.3) is 0 Å². The first kappa shape index (κ1) is 22.0. The summed E-state index contributed by atoms with van der Waals surface area (Å²) in [5.74, 6) is 0.809. The van der Waals surface area contributed by atoms with Crippen LogP contribution in [0.2, 0.25) is 0 Å². The molecule has 164 valence electrons. The number of rotatable bonds is 7. The zero-order valence-electron chi connectivity index (χ0n) is 18.4. The first-order valence-electron chi connectivity index (χ1n) is 11.3. The maximum atomic E-state index is 13.0. The first-order chi connectivity index (χ1) is 15.6. The van der Waals surface area contributed by atoms with Gasteiger partial charge in [0.1, 0.15) is 5.75 Å². The number of likely N-dealkylation sites (tertiary alicyclic amines) is 1. The smallest absolute Gasteiger partial charge is 0.343 e. The van der Waals surface area contributed by atoms with Crippen LogP contribution in [0.1, 0.15) is 46.0 Å². The molecule has 0 spiro atoms. The average Bonchev–Trinajstić information content (AvgIpc) is 2.85. The number of ketones is 1. The van der Waals surface area contributed by atoms with E-state index in [1.165, 1.54) is 5.56 Å². The number of carbonyl (C=O) groups is 2. The number of hydrogen-bond donors (Lipinski definition) is 0. The van der Waals surface area contributed by atoms with Gasteiger partial charge in [0.2, 0.25) is 0 Å². The highest BCUT2D eigenvalue weighted by molar-refractivity contribution is 6.00. The lowest BCUT2D eigenvalue weighted by atomic mass is 9.89. The van der Waals surface area contributed by atoms with Gasteiger partial charge in [-0.2, -0.15) is 0 Å². The Kier molecular flexibility index (Phi) is 7.13. The van der Waals surface area contributed by atoms with Crippen LogP contribution in [-0.2, 0) is 6.42 Å². The van der Waals surface area contributed by atoms with Crippen LogP contribution in [0.5, 0.6) is 5.75 Å².